The molecule has 1 aromatic carbocycles. The molecule has 0 bridgehead atoms. The molecule has 2 atom stereocenters. The van der Waals surface area contributed by atoms with Crippen molar-refractivity contribution in [1.82, 2.24) is 18.7 Å². The van der Waals surface area contributed by atoms with E-state index in [9.17, 15) is 14.7 Å². The maximum absolute atomic E-state index is 13.1. The second kappa shape index (κ2) is 6.94. The van der Waals surface area contributed by atoms with E-state index in [-0.39, 0.29) is 29.9 Å². The molecule has 1 fully saturated rings. The molecule has 0 unspecified atom stereocenters. The third-order valence-corrected chi connectivity index (χ3v) is 5.56. The Labute approximate surface area is 162 Å². The number of rotatable bonds is 4. The number of anilines is 1. The number of nitrogens with zero attached hydrogens (tertiary/aromatic N) is 4. The average molecular weight is 383 g/mol. The molecule has 148 valence electrons. The first-order valence-corrected chi connectivity index (χ1v) is 9.51. The Balaban J connectivity index is 1.78. The zero-order chi connectivity index (χ0) is 20.0. The maximum atomic E-state index is 13.1. The molecule has 1 saturated carbocycles. The molecule has 0 spiro atoms. The summed E-state index contributed by atoms with van der Waals surface area (Å²) >= 11 is 0. The van der Waals surface area contributed by atoms with E-state index in [2.05, 4.69) is 10.3 Å². The Morgan fingerprint density at radius 2 is 1.86 bits per heavy atom. The fraction of sp³-hybridized carbons (Fsp3) is 0.450. The third kappa shape index (κ3) is 3.13. The molecular formula is C20H25N5O3. The summed E-state index contributed by atoms with van der Waals surface area (Å²) < 4.78 is 4.37. The van der Waals surface area contributed by atoms with Crippen LogP contribution in [0, 0.1) is 6.92 Å². The van der Waals surface area contributed by atoms with Crippen LogP contribution in [0.15, 0.2) is 33.9 Å². The molecule has 8 nitrogen and oxygen atoms in total. The monoisotopic (exact) mass is 383 g/mol. The van der Waals surface area contributed by atoms with Gasteiger partial charge < -0.3 is 15.0 Å². The van der Waals surface area contributed by atoms with Crippen LogP contribution in [0.25, 0.3) is 11.2 Å². The Morgan fingerprint density at radius 1 is 1.14 bits per heavy atom. The number of fused-ring (bicyclic) bond motifs is 1. The lowest BCUT2D eigenvalue weighted by Gasteiger charge is -2.12. The quantitative estimate of drug-likeness (QED) is 0.704. The average Bonchev–Trinajstić information content (AvgIpc) is 3.22. The van der Waals surface area contributed by atoms with Crippen LogP contribution in [-0.4, -0.2) is 35.9 Å². The minimum Gasteiger partial charge on any atom is -0.393 e. The number of aliphatic hydroxyl groups is 1. The lowest BCUT2D eigenvalue weighted by atomic mass is 10.1. The Hall–Kier alpha value is -2.87. The van der Waals surface area contributed by atoms with Crippen molar-refractivity contribution in [2.75, 3.05) is 5.32 Å². The largest absolute Gasteiger partial charge is 0.393 e. The van der Waals surface area contributed by atoms with E-state index < -0.39 is 0 Å². The molecule has 0 aliphatic heterocycles. The van der Waals surface area contributed by atoms with E-state index in [0.29, 0.717) is 23.5 Å². The second-order valence-corrected chi connectivity index (χ2v) is 7.69. The zero-order valence-electron chi connectivity index (χ0n) is 16.3. The molecule has 0 amide bonds. The summed E-state index contributed by atoms with van der Waals surface area (Å²) in [6, 6.07) is 7.88. The third-order valence-electron chi connectivity index (χ3n) is 5.56. The van der Waals surface area contributed by atoms with Crippen molar-refractivity contribution in [2.45, 2.75) is 44.9 Å². The summed E-state index contributed by atoms with van der Waals surface area (Å²) in [4.78, 5) is 30.4. The van der Waals surface area contributed by atoms with E-state index in [4.69, 9.17) is 0 Å². The number of imidazole rings is 1. The Kier molecular flexibility index (Phi) is 4.58. The van der Waals surface area contributed by atoms with Gasteiger partial charge in [-0.05, 0) is 31.7 Å². The van der Waals surface area contributed by atoms with Gasteiger partial charge in [-0.2, -0.15) is 4.98 Å². The number of aryl methyl sites for hydroxylation is 3. The van der Waals surface area contributed by atoms with Crippen LogP contribution in [0.5, 0.6) is 0 Å². The minimum atomic E-state index is -0.390. The van der Waals surface area contributed by atoms with Gasteiger partial charge in [-0.25, -0.2) is 4.79 Å². The first-order valence-electron chi connectivity index (χ1n) is 9.51. The molecule has 8 heteroatoms. The highest BCUT2D eigenvalue weighted by Crippen LogP contribution is 2.23. The lowest BCUT2D eigenvalue weighted by Crippen LogP contribution is -2.39. The predicted molar refractivity (Wildman–Crippen MR) is 108 cm³/mol. The van der Waals surface area contributed by atoms with Crippen LogP contribution in [0.1, 0.15) is 30.4 Å². The standard InChI is InChI=1S/C20H25N5O3/c1-12-4-6-13(7-5-12)11-25-18(27)16-17(24(3)20(25)28)22-19(23(16)2)21-14-8-9-15(26)10-14/h4-7,14-15,26H,8-11H2,1-3H3,(H,21,22)/t14-,15+/m0/s1. The smallest absolute Gasteiger partial charge is 0.332 e. The van der Waals surface area contributed by atoms with Crippen molar-refractivity contribution in [3.8, 4) is 0 Å². The number of hydrogen-bond donors (Lipinski definition) is 2. The van der Waals surface area contributed by atoms with Crippen LogP contribution in [0.2, 0.25) is 0 Å². The van der Waals surface area contributed by atoms with E-state index in [0.717, 1.165) is 24.0 Å². The summed E-state index contributed by atoms with van der Waals surface area (Å²) in [6.07, 6.45) is 1.95. The van der Waals surface area contributed by atoms with Crippen LogP contribution in [0.4, 0.5) is 5.95 Å². The number of aromatic nitrogens is 4. The Bertz CT molecular complexity index is 1140. The van der Waals surface area contributed by atoms with Crippen molar-refractivity contribution < 1.29 is 5.11 Å². The number of aliphatic hydroxyl groups excluding tert-OH is 1. The normalized spacial score (nSPS) is 19.4. The molecule has 28 heavy (non-hydrogen) atoms. The van der Waals surface area contributed by atoms with E-state index in [1.165, 1.54) is 9.13 Å². The highest BCUT2D eigenvalue weighted by atomic mass is 16.3. The van der Waals surface area contributed by atoms with Gasteiger partial charge in [-0.1, -0.05) is 29.8 Å². The summed E-state index contributed by atoms with van der Waals surface area (Å²) in [7, 11) is 3.40. The van der Waals surface area contributed by atoms with Gasteiger partial charge >= 0.3 is 5.69 Å². The van der Waals surface area contributed by atoms with E-state index in [1.807, 2.05) is 31.2 Å². The molecule has 1 aliphatic carbocycles. The summed E-state index contributed by atoms with van der Waals surface area (Å²) in [5.74, 6) is 0.536. The summed E-state index contributed by atoms with van der Waals surface area (Å²) in [5, 5.41) is 13.0. The molecule has 3 aromatic rings. The SMILES string of the molecule is Cc1ccc(Cn2c(=O)c3c(nc(N[C@H]4CC[C@@H](O)C4)n3C)n(C)c2=O)cc1. The van der Waals surface area contributed by atoms with E-state index >= 15 is 0 Å². The van der Waals surface area contributed by atoms with Gasteiger partial charge in [-0.3, -0.25) is 13.9 Å². The van der Waals surface area contributed by atoms with Crippen molar-refractivity contribution in [2.24, 2.45) is 14.1 Å². The Morgan fingerprint density at radius 3 is 2.50 bits per heavy atom. The van der Waals surface area contributed by atoms with Gasteiger partial charge in [0.2, 0.25) is 5.95 Å². The fourth-order valence-electron chi connectivity index (χ4n) is 3.86. The molecule has 2 aromatic heterocycles. The lowest BCUT2D eigenvalue weighted by molar-refractivity contribution is 0.182. The van der Waals surface area contributed by atoms with Crippen molar-refractivity contribution in [3.05, 3.63) is 56.2 Å². The number of hydrogen-bond acceptors (Lipinski definition) is 5. The first-order chi connectivity index (χ1) is 13.3. The predicted octanol–water partition coefficient (Wildman–Crippen LogP) is 1.12. The maximum Gasteiger partial charge on any atom is 0.332 e. The molecule has 2 N–H and O–H groups in total. The van der Waals surface area contributed by atoms with Crippen LogP contribution < -0.4 is 16.6 Å². The number of nitrogens with one attached hydrogen (secondary N) is 1. The summed E-state index contributed by atoms with van der Waals surface area (Å²) in [5.41, 5.74) is 2.02. The molecule has 0 radical (unpaired) electrons. The van der Waals surface area contributed by atoms with Gasteiger partial charge in [0, 0.05) is 20.1 Å². The highest BCUT2D eigenvalue weighted by molar-refractivity contribution is 5.74. The molecule has 0 saturated heterocycles. The second-order valence-electron chi connectivity index (χ2n) is 7.69. The molecule has 4 rings (SSSR count). The van der Waals surface area contributed by atoms with Gasteiger partial charge in [0.05, 0.1) is 12.6 Å². The van der Waals surface area contributed by atoms with Gasteiger partial charge in [-0.15, -0.1) is 0 Å². The summed E-state index contributed by atoms with van der Waals surface area (Å²) in [6.45, 7) is 2.21. The van der Waals surface area contributed by atoms with Gasteiger partial charge in [0.25, 0.3) is 5.56 Å². The van der Waals surface area contributed by atoms with Crippen molar-refractivity contribution in [3.63, 3.8) is 0 Å². The molecule has 1 aliphatic rings. The number of benzene rings is 1. The zero-order valence-corrected chi connectivity index (χ0v) is 16.3. The van der Waals surface area contributed by atoms with Crippen LogP contribution in [-0.2, 0) is 20.6 Å². The fourth-order valence-corrected chi connectivity index (χ4v) is 3.86. The first kappa shape index (κ1) is 18.5. The van der Waals surface area contributed by atoms with Gasteiger partial charge in [0.15, 0.2) is 11.2 Å². The molecular weight excluding hydrogens is 358 g/mol. The molecule has 2 heterocycles. The van der Waals surface area contributed by atoms with Crippen molar-refractivity contribution >= 4 is 17.1 Å². The topological polar surface area (TPSA) is 94.1 Å². The van der Waals surface area contributed by atoms with Crippen LogP contribution >= 0.6 is 0 Å². The minimum absolute atomic E-state index is 0.109. The highest BCUT2D eigenvalue weighted by Gasteiger charge is 2.25. The van der Waals surface area contributed by atoms with E-state index in [1.54, 1.807) is 18.7 Å². The van der Waals surface area contributed by atoms with Crippen molar-refractivity contribution in [1.29, 1.82) is 0 Å². The van der Waals surface area contributed by atoms with Crippen LogP contribution in [0.3, 0.4) is 0 Å². The van der Waals surface area contributed by atoms with Gasteiger partial charge in [0.1, 0.15) is 0 Å².